The molecule has 29 heavy (non-hydrogen) atoms. The van der Waals surface area contributed by atoms with E-state index in [1.54, 1.807) is 0 Å². The Balaban J connectivity index is 2.03. The van der Waals surface area contributed by atoms with E-state index in [9.17, 15) is 18.3 Å². The van der Waals surface area contributed by atoms with Crippen LogP contribution in [0.2, 0.25) is 0 Å². The Kier molecular flexibility index (Phi) is 8.89. The fourth-order valence-corrected chi connectivity index (χ4v) is 3.42. The molecule has 0 saturated heterocycles. The molecule has 4 nitrogen and oxygen atoms in total. The van der Waals surface area contributed by atoms with Gasteiger partial charge in [0.25, 0.3) is 0 Å². The molecule has 0 bridgehead atoms. The smallest absolute Gasteiger partial charge is 0.406 e. The minimum Gasteiger partial charge on any atom is -0.406 e. The van der Waals surface area contributed by atoms with Gasteiger partial charge in [-0.2, -0.15) is 0 Å². The summed E-state index contributed by atoms with van der Waals surface area (Å²) in [6, 6.07) is 5.34. The van der Waals surface area contributed by atoms with Crippen molar-refractivity contribution in [2.24, 2.45) is 0 Å². The van der Waals surface area contributed by atoms with Gasteiger partial charge in [-0.1, -0.05) is 64.0 Å². The maximum atomic E-state index is 12.4. The minimum atomic E-state index is -4.75. The summed E-state index contributed by atoms with van der Waals surface area (Å²) in [7, 11) is 0. The summed E-state index contributed by atoms with van der Waals surface area (Å²) in [5.41, 5.74) is -0.350. The standard InChI is InChI=1S/C22H29F3N2O2/c1-2-3-4-5-6-7-8-9-14-21(28,19-15-26-17-27-16-19)18-10-12-20(13-11-18)29-22(23,24)25/h10-13,15-17,28H,2-9,14H2,1H3. The normalized spacial score (nSPS) is 13.8. The molecule has 1 aromatic carbocycles. The van der Waals surface area contributed by atoms with Crippen LogP contribution < -0.4 is 4.74 Å². The molecule has 0 aliphatic carbocycles. The van der Waals surface area contributed by atoms with E-state index in [0.29, 0.717) is 17.5 Å². The molecule has 2 aromatic rings. The molecule has 0 aliphatic heterocycles. The Morgan fingerprint density at radius 2 is 1.38 bits per heavy atom. The Morgan fingerprint density at radius 3 is 1.93 bits per heavy atom. The third kappa shape index (κ3) is 7.65. The number of halogens is 3. The monoisotopic (exact) mass is 410 g/mol. The lowest BCUT2D eigenvalue weighted by molar-refractivity contribution is -0.274. The van der Waals surface area contributed by atoms with Crippen molar-refractivity contribution in [2.45, 2.75) is 76.7 Å². The Hall–Kier alpha value is -2.15. The number of hydrogen-bond acceptors (Lipinski definition) is 4. The zero-order valence-electron chi connectivity index (χ0n) is 16.8. The number of alkyl halides is 3. The van der Waals surface area contributed by atoms with E-state index in [4.69, 9.17) is 0 Å². The summed E-state index contributed by atoms with van der Waals surface area (Å²) < 4.78 is 41.1. The van der Waals surface area contributed by atoms with Crippen LogP contribution in [0.3, 0.4) is 0 Å². The van der Waals surface area contributed by atoms with Crippen molar-refractivity contribution >= 4 is 0 Å². The molecule has 0 aliphatic rings. The van der Waals surface area contributed by atoms with E-state index in [2.05, 4.69) is 21.6 Å². The molecule has 2 rings (SSSR count). The summed E-state index contributed by atoms with van der Waals surface area (Å²) in [6.07, 6.45) is 9.17. The van der Waals surface area contributed by atoms with Crippen LogP contribution >= 0.6 is 0 Å². The van der Waals surface area contributed by atoms with Gasteiger partial charge in [-0.05, 0) is 30.5 Å². The first-order chi connectivity index (χ1) is 13.8. The van der Waals surface area contributed by atoms with E-state index >= 15 is 0 Å². The van der Waals surface area contributed by atoms with Crippen LogP contribution in [-0.4, -0.2) is 21.4 Å². The zero-order valence-corrected chi connectivity index (χ0v) is 16.8. The highest BCUT2D eigenvalue weighted by Gasteiger charge is 2.33. The summed E-state index contributed by atoms with van der Waals surface area (Å²) in [5, 5.41) is 11.4. The highest BCUT2D eigenvalue weighted by molar-refractivity contribution is 5.37. The van der Waals surface area contributed by atoms with E-state index in [1.165, 1.54) is 75.1 Å². The lowest BCUT2D eigenvalue weighted by Gasteiger charge is -2.29. The maximum absolute atomic E-state index is 12.4. The molecule has 0 radical (unpaired) electrons. The third-order valence-electron chi connectivity index (χ3n) is 5.00. The summed E-state index contributed by atoms with van der Waals surface area (Å²) in [5.74, 6) is -0.319. The SMILES string of the molecule is CCCCCCCCCCC(O)(c1ccc(OC(F)(F)F)cc1)c1cncnc1. The molecule has 1 atom stereocenters. The van der Waals surface area contributed by atoms with Crippen molar-refractivity contribution in [1.82, 2.24) is 9.97 Å². The predicted molar refractivity (Wildman–Crippen MR) is 105 cm³/mol. The number of rotatable bonds is 12. The molecular formula is C22H29F3N2O2. The first-order valence-electron chi connectivity index (χ1n) is 10.2. The van der Waals surface area contributed by atoms with Gasteiger partial charge >= 0.3 is 6.36 Å². The highest BCUT2D eigenvalue weighted by atomic mass is 19.4. The molecule has 7 heteroatoms. The summed E-state index contributed by atoms with van der Waals surface area (Å²) in [4.78, 5) is 7.97. The average molecular weight is 410 g/mol. The highest BCUT2D eigenvalue weighted by Crippen LogP contribution is 2.35. The van der Waals surface area contributed by atoms with E-state index < -0.39 is 12.0 Å². The van der Waals surface area contributed by atoms with Gasteiger partial charge in [0.2, 0.25) is 0 Å². The van der Waals surface area contributed by atoms with Crippen LogP contribution in [0.25, 0.3) is 0 Å². The first kappa shape index (κ1) is 23.1. The number of benzene rings is 1. The number of aromatic nitrogens is 2. The quantitative estimate of drug-likeness (QED) is 0.427. The molecule has 0 fully saturated rings. The molecule has 0 saturated carbocycles. The average Bonchev–Trinajstić information content (AvgIpc) is 2.70. The minimum absolute atomic E-state index is 0.319. The van der Waals surface area contributed by atoms with Crippen LogP contribution in [0.4, 0.5) is 13.2 Å². The van der Waals surface area contributed by atoms with Crippen LogP contribution in [-0.2, 0) is 5.60 Å². The van der Waals surface area contributed by atoms with Gasteiger partial charge in [0, 0.05) is 18.0 Å². The second-order valence-electron chi connectivity index (χ2n) is 7.28. The van der Waals surface area contributed by atoms with E-state index in [-0.39, 0.29) is 5.75 Å². The van der Waals surface area contributed by atoms with E-state index in [0.717, 1.165) is 19.3 Å². The van der Waals surface area contributed by atoms with E-state index in [1.807, 2.05) is 0 Å². The van der Waals surface area contributed by atoms with Crippen molar-refractivity contribution < 1.29 is 23.0 Å². The predicted octanol–water partition coefficient (Wildman–Crippen LogP) is 6.14. The maximum Gasteiger partial charge on any atom is 0.573 e. The van der Waals surface area contributed by atoms with Gasteiger partial charge < -0.3 is 9.84 Å². The van der Waals surface area contributed by atoms with Crippen molar-refractivity contribution in [3.8, 4) is 5.75 Å². The van der Waals surface area contributed by atoms with Gasteiger partial charge in [-0.25, -0.2) is 9.97 Å². The van der Waals surface area contributed by atoms with Crippen molar-refractivity contribution in [2.75, 3.05) is 0 Å². The Bertz CT molecular complexity index is 708. The lowest BCUT2D eigenvalue weighted by Crippen LogP contribution is -2.28. The van der Waals surface area contributed by atoms with Crippen LogP contribution in [0.15, 0.2) is 43.0 Å². The summed E-state index contributed by atoms with van der Waals surface area (Å²) in [6.45, 7) is 2.19. The largest absolute Gasteiger partial charge is 0.573 e. The number of aliphatic hydroxyl groups is 1. The molecule has 1 N–H and O–H groups in total. The summed E-state index contributed by atoms with van der Waals surface area (Å²) >= 11 is 0. The van der Waals surface area contributed by atoms with Crippen LogP contribution in [0.5, 0.6) is 5.75 Å². The van der Waals surface area contributed by atoms with Gasteiger partial charge in [0.15, 0.2) is 0 Å². The fraction of sp³-hybridized carbons (Fsp3) is 0.545. The molecule has 0 spiro atoms. The van der Waals surface area contributed by atoms with Gasteiger partial charge in [-0.3, -0.25) is 0 Å². The molecule has 1 unspecified atom stereocenters. The molecule has 1 aromatic heterocycles. The van der Waals surface area contributed by atoms with Gasteiger partial charge in [0.1, 0.15) is 17.7 Å². The zero-order chi connectivity index (χ0) is 21.2. The lowest BCUT2D eigenvalue weighted by atomic mass is 9.83. The number of unbranched alkanes of at least 4 members (excludes halogenated alkanes) is 7. The second kappa shape index (κ2) is 11.1. The molecule has 1 heterocycles. The number of ether oxygens (including phenoxy) is 1. The Morgan fingerprint density at radius 1 is 0.828 bits per heavy atom. The van der Waals surface area contributed by atoms with Crippen molar-refractivity contribution in [3.63, 3.8) is 0 Å². The topological polar surface area (TPSA) is 55.2 Å². The van der Waals surface area contributed by atoms with Crippen molar-refractivity contribution in [1.29, 1.82) is 0 Å². The Labute approximate surface area is 170 Å². The third-order valence-corrected chi connectivity index (χ3v) is 5.00. The first-order valence-corrected chi connectivity index (χ1v) is 10.2. The van der Waals surface area contributed by atoms with Crippen LogP contribution in [0, 0.1) is 0 Å². The molecular weight excluding hydrogens is 381 g/mol. The number of hydrogen-bond donors (Lipinski definition) is 1. The van der Waals surface area contributed by atoms with Crippen molar-refractivity contribution in [3.05, 3.63) is 54.1 Å². The molecule has 0 amide bonds. The van der Waals surface area contributed by atoms with Gasteiger partial charge in [-0.15, -0.1) is 13.2 Å². The van der Waals surface area contributed by atoms with Gasteiger partial charge in [0.05, 0.1) is 0 Å². The number of nitrogens with zero attached hydrogens (tertiary/aromatic N) is 2. The second-order valence-corrected chi connectivity index (χ2v) is 7.28. The van der Waals surface area contributed by atoms with Crippen LogP contribution in [0.1, 0.15) is 75.8 Å². The fourth-order valence-electron chi connectivity index (χ4n) is 3.42. The molecule has 160 valence electrons.